The number of likely N-dealkylation sites (tertiary alicyclic amines) is 1. The number of carbonyl (C=O) groups excluding carboxylic acids is 1. The van der Waals surface area contributed by atoms with Crippen LogP contribution in [0.5, 0.6) is 17.4 Å². The Kier molecular flexibility index (Phi) is 5.16. The molecule has 1 fully saturated rings. The third kappa shape index (κ3) is 3.90. The molecule has 2 heterocycles. The number of methoxy groups -OCH3 is 1. The molecule has 1 aliphatic rings. The van der Waals surface area contributed by atoms with Gasteiger partial charge in [0.1, 0.15) is 11.5 Å². The maximum absolute atomic E-state index is 12.1. The average molecular weight is 341 g/mol. The van der Waals surface area contributed by atoms with Crippen LogP contribution in [0.2, 0.25) is 0 Å². The highest BCUT2D eigenvalue weighted by Crippen LogP contribution is 2.32. The summed E-state index contributed by atoms with van der Waals surface area (Å²) in [7, 11) is 1.63. The number of rotatable bonds is 5. The minimum absolute atomic E-state index is 0.0643. The largest absolute Gasteiger partial charge is 0.497 e. The molecular formula is C19H23N3O3. The number of benzene rings is 1. The molecule has 1 aromatic carbocycles. The molecule has 0 saturated carbocycles. The van der Waals surface area contributed by atoms with Crippen LogP contribution >= 0.6 is 0 Å². The van der Waals surface area contributed by atoms with Crippen molar-refractivity contribution < 1.29 is 14.3 Å². The lowest BCUT2D eigenvalue weighted by molar-refractivity contribution is -0.131. The van der Waals surface area contributed by atoms with Crippen molar-refractivity contribution in [2.24, 2.45) is 0 Å². The Balaban J connectivity index is 1.83. The molecule has 0 unspecified atom stereocenters. The zero-order valence-electron chi connectivity index (χ0n) is 14.9. The molecule has 25 heavy (non-hydrogen) atoms. The van der Waals surface area contributed by atoms with E-state index < -0.39 is 0 Å². The topological polar surface area (TPSA) is 64.6 Å². The van der Waals surface area contributed by atoms with Gasteiger partial charge in [0.05, 0.1) is 13.2 Å². The van der Waals surface area contributed by atoms with Gasteiger partial charge in [0.15, 0.2) is 5.82 Å². The lowest BCUT2D eigenvalue weighted by Crippen LogP contribution is -2.30. The molecule has 0 spiro atoms. The molecule has 132 valence electrons. The minimum atomic E-state index is -0.0643. The van der Waals surface area contributed by atoms with Crippen molar-refractivity contribution in [1.82, 2.24) is 14.9 Å². The number of amides is 1. The fourth-order valence-corrected chi connectivity index (χ4v) is 3.06. The van der Waals surface area contributed by atoms with Gasteiger partial charge in [0.25, 0.3) is 0 Å². The molecule has 0 bridgehead atoms. The number of hydrogen-bond donors (Lipinski definition) is 0. The first-order chi connectivity index (χ1) is 12.1. The predicted octanol–water partition coefficient (Wildman–Crippen LogP) is 3.66. The second kappa shape index (κ2) is 7.51. The molecule has 1 atom stereocenters. The molecule has 1 saturated heterocycles. The lowest BCUT2D eigenvalue weighted by atomic mass is 10.2. The van der Waals surface area contributed by atoms with E-state index >= 15 is 0 Å². The summed E-state index contributed by atoms with van der Waals surface area (Å²) >= 11 is 0. The van der Waals surface area contributed by atoms with Crippen molar-refractivity contribution in [1.29, 1.82) is 0 Å². The molecule has 1 aliphatic heterocycles. The van der Waals surface area contributed by atoms with Gasteiger partial charge in [-0.1, -0.05) is 6.92 Å². The quantitative estimate of drug-likeness (QED) is 0.830. The van der Waals surface area contributed by atoms with Gasteiger partial charge in [0.2, 0.25) is 11.8 Å². The van der Waals surface area contributed by atoms with Crippen LogP contribution in [0.15, 0.2) is 30.3 Å². The second-order valence-electron chi connectivity index (χ2n) is 6.08. The number of carbonyl (C=O) groups is 1. The third-order valence-corrected chi connectivity index (χ3v) is 4.30. The third-order valence-electron chi connectivity index (χ3n) is 4.30. The molecule has 1 amide bonds. The van der Waals surface area contributed by atoms with Crippen molar-refractivity contribution in [3.8, 4) is 17.4 Å². The number of aromatic nitrogens is 2. The van der Waals surface area contributed by atoms with Gasteiger partial charge < -0.3 is 14.4 Å². The smallest absolute Gasteiger partial charge is 0.222 e. The minimum Gasteiger partial charge on any atom is -0.497 e. The fourth-order valence-electron chi connectivity index (χ4n) is 3.06. The van der Waals surface area contributed by atoms with Crippen LogP contribution in [-0.4, -0.2) is 34.4 Å². The standard InChI is InChI=1S/C19H23N3O3/c1-4-18(23)22-11-5-6-16(22)19-20-13(2)12-17(21-19)25-15-9-7-14(24-3)8-10-15/h7-10,12,16H,4-6,11H2,1-3H3/t16-/m0/s1. The van der Waals surface area contributed by atoms with Crippen LogP contribution in [0.1, 0.15) is 43.7 Å². The Morgan fingerprint density at radius 1 is 1.24 bits per heavy atom. The summed E-state index contributed by atoms with van der Waals surface area (Å²) in [4.78, 5) is 23.1. The molecular weight excluding hydrogens is 318 g/mol. The highest BCUT2D eigenvalue weighted by Gasteiger charge is 2.31. The van der Waals surface area contributed by atoms with Gasteiger partial charge in [-0.2, -0.15) is 4.98 Å². The molecule has 6 nitrogen and oxygen atoms in total. The van der Waals surface area contributed by atoms with Gasteiger partial charge in [-0.3, -0.25) is 4.79 Å². The normalized spacial score (nSPS) is 16.8. The van der Waals surface area contributed by atoms with Gasteiger partial charge in [-0.05, 0) is 44.0 Å². The summed E-state index contributed by atoms with van der Waals surface area (Å²) < 4.78 is 11.0. The molecule has 3 rings (SSSR count). The second-order valence-corrected chi connectivity index (χ2v) is 6.08. The monoisotopic (exact) mass is 341 g/mol. The van der Waals surface area contributed by atoms with Crippen LogP contribution < -0.4 is 9.47 Å². The van der Waals surface area contributed by atoms with Gasteiger partial charge in [-0.15, -0.1) is 0 Å². The Morgan fingerprint density at radius 3 is 2.64 bits per heavy atom. The first kappa shape index (κ1) is 17.2. The van der Waals surface area contributed by atoms with E-state index in [0.717, 1.165) is 30.8 Å². The van der Waals surface area contributed by atoms with E-state index in [1.165, 1.54) is 0 Å². The van der Waals surface area contributed by atoms with Crippen LogP contribution in [0, 0.1) is 6.92 Å². The maximum Gasteiger partial charge on any atom is 0.222 e. The molecule has 0 aliphatic carbocycles. The number of ether oxygens (including phenoxy) is 2. The Labute approximate surface area is 147 Å². The van der Waals surface area contributed by atoms with Crippen molar-refractivity contribution in [2.45, 2.75) is 39.2 Å². The Bertz CT molecular complexity index is 746. The van der Waals surface area contributed by atoms with E-state index in [2.05, 4.69) is 9.97 Å². The summed E-state index contributed by atoms with van der Waals surface area (Å²) in [5, 5.41) is 0. The summed E-state index contributed by atoms with van der Waals surface area (Å²) in [5.41, 5.74) is 0.823. The van der Waals surface area contributed by atoms with E-state index in [0.29, 0.717) is 23.9 Å². The van der Waals surface area contributed by atoms with Gasteiger partial charge in [-0.25, -0.2) is 4.98 Å². The van der Waals surface area contributed by atoms with E-state index in [4.69, 9.17) is 9.47 Å². The SMILES string of the molecule is CCC(=O)N1CCC[C@H]1c1nc(C)cc(Oc2ccc(OC)cc2)n1. The first-order valence-electron chi connectivity index (χ1n) is 8.57. The molecule has 0 radical (unpaired) electrons. The number of aryl methyl sites for hydroxylation is 1. The van der Waals surface area contributed by atoms with Crippen molar-refractivity contribution in [3.05, 3.63) is 41.9 Å². The molecule has 1 aromatic heterocycles. The summed E-state index contributed by atoms with van der Waals surface area (Å²) in [6.45, 7) is 4.56. The van der Waals surface area contributed by atoms with Crippen LogP contribution in [0.3, 0.4) is 0 Å². The first-order valence-corrected chi connectivity index (χ1v) is 8.57. The van der Waals surface area contributed by atoms with Crippen LogP contribution in [-0.2, 0) is 4.79 Å². The summed E-state index contributed by atoms with van der Waals surface area (Å²) in [6.07, 6.45) is 2.36. The highest BCUT2D eigenvalue weighted by atomic mass is 16.5. The molecule has 0 N–H and O–H groups in total. The van der Waals surface area contributed by atoms with Crippen LogP contribution in [0.4, 0.5) is 0 Å². The molecule has 2 aromatic rings. The Morgan fingerprint density at radius 2 is 1.96 bits per heavy atom. The van der Waals surface area contributed by atoms with Gasteiger partial charge in [0, 0.05) is 24.7 Å². The summed E-state index contributed by atoms with van der Waals surface area (Å²) in [5.74, 6) is 2.74. The molecule has 6 heteroatoms. The predicted molar refractivity (Wildman–Crippen MR) is 93.8 cm³/mol. The van der Waals surface area contributed by atoms with Crippen LogP contribution in [0.25, 0.3) is 0 Å². The number of nitrogens with zero attached hydrogens (tertiary/aromatic N) is 3. The van der Waals surface area contributed by atoms with Gasteiger partial charge >= 0.3 is 0 Å². The van der Waals surface area contributed by atoms with E-state index in [-0.39, 0.29) is 11.9 Å². The number of hydrogen-bond acceptors (Lipinski definition) is 5. The van der Waals surface area contributed by atoms with Crippen molar-refractivity contribution in [3.63, 3.8) is 0 Å². The average Bonchev–Trinajstić information content (AvgIpc) is 3.11. The van der Waals surface area contributed by atoms with E-state index in [9.17, 15) is 4.79 Å². The zero-order valence-corrected chi connectivity index (χ0v) is 14.9. The fraction of sp³-hybridized carbons (Fsp3) is 0.421. The van der Waals surface area contributed by atoms with E-state index in [1.807, 2.05) is 43.0 Å². The van der Waals surface area contributed by atoms with E-state index in [1.54, 1.807) is 13.2 Å². The summed E-state index contributed by atoms with van der Waals surface area (Å²) in [6, 6.07) is 9.07. The zero-order chi connectivity index (χ0) is 17.8. The lowest BCUT2D eigenvalue weighted by Gasteiger charge is -2.23. The van der Waals surface area contributed by atoms with Crippen molar-refractivity contribution >= 4 is 5.91 Å². The Hall–Kier alpha value is -2.63. The highest BCUT2D eigenvalue weighted by molar-refractivity contribution is 5.76. The maximum atomic E-state index is 12.1. The van der Waals surface area contributed by atoms with Crippen molar-refractivity contribution in [2.75, 3.05) is 13.7 Å².